The molecular weight excluding hydrogens is 342 g/mol. The fraction of sp³-hybridized carbons (Fsp3) is 0.316. The minimum absolute atomic E-state index is 0.0558. The Balaban J connectivity index is 1.70. The zero-order chi connectivity index (χ0) is 19.0. The van der Waals surface area contributed by atoms with Crippen LogP contribution >= 0.6 is 0 Å². The third-order valence-electron chi connectivity index (χ3n) is 4.65. The van der Waals surface area contributed by atoms with Gasteiger partial charge in [0.05, 0.1) is 12.2 Å². The lowest BCUT2D eigenvalue weighted by Gasteiger charge is -2.16. The van der Waals surface area contributed by atoms with Gasteiger partial charge in [-0.05, 0) is 39.1 Å². The lowest BCUT2D eigenvalue weighted by Crippen LogP contribution is -2.24. The normalized spacial score (nSPS) is 13.5. The largest absolute Gasteiger partial charge is 0.314 e. The van der Waals surface area contributed by atoms with Crippen molar-refractivity contribution in [3.8, 4) is 11.5 Å². The van der Waals surface area contributed by atoms with E-state index in [2.05, 4.69) is 34.3 Å². The molecule has 0 fully saturated rings. The SMILES string of the molecule is CNCc1nccc2c1CN(c1cccc(-c3nncn3C(C)C)n1)C2=O. The number of rotatable bonds is 5. The number of pyridine rings is 2. The molecule has 3 aromatic rings. The highest BCUT2D eigenvalue weighted by molar-refractivity contribution is 6.09. The van der Waals surface area contributed by atoms with Crippen LogP contribution in [0.15, 0.2) is 36.8 Å². The topological polar surface area (TPSA) is 88.8 Å². The molecule has 138 valence electrons. The lowest BCUT2D eigenvalue weighted by molar-refractivity contribution is 0.0996. The maximum Gasteiger partial charge on any atom is 0.260 e. The summed E-state index contributed by atoms with van der Waals surface area (Å²) >= 11 is 0. The number of hydrogen-bond donors (Lipinski definition) is 1. The van der Waals surface area contributed by atoms with Crippen LogP contribution in [0.5, 0.6) is 0 Å². The second-order valence-electron chi connectivity index (χ2n) is 6.74. The zero-order valence-corrected chi connectivity index (χ0v) is 15.5. The van der Waals surface area contributed by atoms with Crippen LogP contribution in [0.4, 0.5) is 5.82 Å². The molecule has 0 bridgehead atoms. The summed E-state index contributed by atoms with van der Waals surface area (Å²) in [6, 6.07) is 7.60. The summed E-state index contributed by atoms with van der Waals surface area (Å²) in [5.41, 5.74) is 3.22. The summed E-state index contributed by atoms with van der Waals surface area (Å²) in [5.74, 6) is 1.23. The molecule has 1 aliphatic heterocycles. The molecule has 1 N–H and O–H groups in total. The molecule has 0 aromatic carbocycles. The summed E-state index contributed by atoms with van der Waals surface area (Å²) in [5, 5.41) is 11.3. The predicted molar refractivity (Wildman–Crippen MR) is 101 cm³/mol. The van der Waals surface area contributed by atoms with Gasteiger partial charge in [-0.25, -0.2) is 4.98 Å². The quantitative estimate of drug-likeness (QED) is 0.747. The first-order valence-corrected chi connectivity index (χ1v) is 8.90. The summed E-state index contributed by atoms with van der Waals surface area (Å²) in [6.07, 6.45) is 3.38. The number of amides is 1. The molecule has 0 saturated carbocycles. The Morgan fingerprint density at radius 1 is 1.26 bits per heavy atom. The molecule has 0 unspecified atom stereocenters. The Morgan fingerprint density at radius 3 is 2.89 bits per heavy atom. The Kier molecular flexibility index (Phi) is 4.41. The molecular formula is C19H21N7O. The van der Waals surface area contributed by atoms with Gasteiger partial charge in [-0.15, -0.1) is 10.2 Å². The van der Waals surface area contributed by atoms with Crippen molar-refractivity contribution in [2.75, 3.05) is 11.9 Å². The molecule has 27 heavy (non-hydrogen) atoms. The number of carbonyl (C=O) groups is 1. The zero-order valence-electron chi connectivity index (χ0n) is 15.5. The van der Waals surface area contributed by atoms with E-state index >= 15 is 0 Å². The highest BCUT2D eigenvalue weighted by Gasteiger charge is 2.31. The van der Waals surface area contributed by atoms with Gasteiger partial charge in [0.1, 0.15) is 17.8 Å². The first kappa shape index (κ1) is 17.3. The van der Waals surface area contributed by atoms with Crippen LogP contribution < -0.4 is 10.2 Å². The molecule has 0 radical (unpaired) electrons. The van der Waals surface area contributed by atoms with E-state index in [1.165, 1.54) is 0 Å². The number of anilines is 1. The minimum atomic E-state index is -0.0558. The van der Waals surface area contributed by atoms with Crippen LogP contribution in [0.25, 0.3) is 11.5 Å². The van der Waals surface area contributed by atoms with E-state index in [0.717, 1.165) is 11.3 Å². The predicted octanol–water partition coefficient (Wildman–Crippen LogP) is 2.20. The second-order valence-corrected chi connectivity index (χ2v) is 6.74. The second kappa shape index (κ2) is 6.88. The highest BCUT2D eigenvalue weighted by atomic mass is 16.2. The van der Waals surface area contributed by atoms with Gasteiger partial charge in [0.15, 0.2) is 5.82 Å². The molecule has 8 heteroatoms. The van der Waals surface area contributed by atoms with Crippen molar-refractivity contribution in [3.63, 3.8) is 0 Å². The lowest BCUT2D eigenvalue weighted by atomic mass is 10.1. The number of aromatic nitrogens is 5. The number of carbonyl (C=O) groups excluding carboxylic acids is 1. The van der Waals surface area contributed by atoms with E-state index in [4.69, 9.17) is 4.98 Å². The fourth-order valence-electron chi connectivity index (χ4n) is 3.29. The summed E-state index contributed by atoms with van der Waals surface area (Å²) < 4.78 is 1.96. The molecule has 1 aliphatic rings. The number of nitrogens with zero attached hydrogens (tertiary/aromatic N) is 6. The standard InChI is InChI=1S/C19H21N7O/c1-12(2)26-11-22-24-18(26)15-5-4-6-17(23-15)25-10-14-13(19(25)27)7-8-21-16(14)9-20-3/h4-8,11-12,20H,9-10H2,1-3H3. The van der Waals surface area contributed by atoms with Gasteiger partial charge in [-0.3, -0.25) is 14.7 Å². The van der Waals surface area contributed by atoms with E-state index < -0.39 is 0 Å². The van der Waals surface area contributed by atoms with Crippen LogP contribution in [-0.4, -0.2) is 37.7 Å². The van der Waals surface area contributed by atoms with Crippen LogP contribution in [0.2, 0.25) is 0 Å². The Bertz CT molecular complexity index is 995. The third-order valence-corrected chi connectivity index (χ3v) is 4.65. The smallest absolute Gasteiger partial charge is 0.260 e. The number of nitrogens with one attached hydrogen (secondary N) is 1. The van der Waals surface area contributed by atoms with Gasteiger partial charge in [0, 0.05) is 29.9 Å². The highest BCUT2D eigenvalue weighted by Crippen LogP contribution is 2.30. The van der Waals surface area contributed by atoms with Gasteiger partial charge in [-0.1, -0.05) is 6.07 Å². The van der Waals surface area contributed by atoms with Crippen LogP contribution in [-0.2, 0) is 13.1 Å². The van der Waals surface area contributed by atoms with Crippen molar-refractivity contribution in [1.29, 1.82) is 0 Å². The Labute approximate surface area is 157 Å². The van der Waals surface area contributed by atoms with Gasteiger partial charge in [0.25, 0.3) is 5.91 Å². The number of fused-ring (bicyclic) bond motifs is 1. The fourth-order valence-corrected chi connectivity index (χ4v) is 3.29. The first-order valence-electron chi connectivity index (χ1n) is 8.90. The average molecular weight is 363 g/mol. The Morgan fingerprint density at radius 2 is 2.11 bits per heavy atom. The van der Waals surface area contributed by atoms with Crippen molar-refractivity contribution in [2.24, 2.45) is 0 Å². The summed E-state index contributed by atoms with van der Waals surface area (Å²) in [4.78, 5) is 23.7. The van der Waals surface area contributed by atoms with Gasteiger partial charge in [0.2, 0.25) is 0 Å². The van der Waals surface area contributed by atoms with Gasteiger partial charge < -0.3 is 9.88 Å². The van der Waals surface area contributed by atoms with Crippen LogP contribution in [0.1, 0.15) is 41.5 Å². The monoisotopic (exact) mass is 363 g/mol. The van der Waals surface area contributed by atoms with E-state index in [1.807, 2.05) is 29.8 Å². The van der Waals surface area contributed by atoms with Crippen molar-refractivity contribution >= 4 is 11.7 Å². The van der Waals surface area contributed by atoms with Gasteiger partial charge >= 0.3 is 0 Å². The van der Waals surface area contributed by atoms with Crippen molar-refractivity contribution in [2.45, 2.75) is 33.0 Å². The van der Waals surface area contributed by atoms with Crippen molar-refractivity contribution in [1.82, 2.24) is 30.0 Å². The molecule has 1 amide bonds. The molecule has 3 aromatic heterocycles. The molecule has 8 nitrogen and oxygen atoms in total. The van der Waals surface area contributed by atoms with Crippen LogP contribution in [0, 0.1) is 0 Å². The van der Waals surface area contributed by atoms with Gasteiger partial charge in [-0.2, -0.15) is 0 Å². The molecule has 0 saturated heterocycles. The third kappa shape index (κ3) is 2.97. The van der Waals surface area contributed by atoms with Crippen molar-refractivity contribution in [3.05, 3.63) is 53.6 Å². The molecule has 4 heterocycles. The summed E-state index contributed by atoms with van der Waals surface area (Å²) in [6.45, 7) is 5.21. The maximum atomic E-state index is 12.9. The van der Waals surface area contributed by atoms with E-state index in [0.29, 0.717) is 36.0 Å². The maximum absolute atomic E-state index is 12.9. The van der Waals surface area contributed by atoms with E-state index in [9.17, 15) is 4.79 Å². The number of hydrogen-bond acceptors (Lipinski definition) is 6. The minimum Gasteiger partial charge on any atom is -0.314 e. The Hall–Kier alpha value is -3.13. The van der Waals surface area contributed by atoms with Crippen molar-refractivity contribution < 1.29 is 4.79 Å². The van der Waals surface area contributed by atoms with Crippen LogP contribution in [0.3, 0.4) is 0 Å². The molecule has 4 rings (SSSR count). The molecule has 0 spiro atoms. The molecule has 0 atom stereocenters. The first-order chi connectivity index (χ1) is 13.1. The average Bonchev–Trinajstić information content (AvgIpc) is 3.28. The summed E-state index contributed by atoms with van der Waals surface area (Å²) in [7, 11) is 1.87. The van der Waals surface area contributed by atoms with E-state index in [1.54, 1.807) is 23.5 Å². The molecule has 0 aliphatic carbocycles. The van der Waals surface area contributed by atoms with E-state index in [-0.39, 0.29) is 11.9 Å².